The van der Waals surface area contributed by atoms with Gasteiger partial charge in [0.2, 0.25) is 0 Å². The summed E-state index contributed by atoms with van der Waals surface area (Å²) >= 11 is 0. The molecule has 0 bridgehead atoms. The Morgan fingerprint density at radius 3 is 2.75 bits per heavy atom. The fraction of sp³-hybridized carbons (Fsp3) is 0.583. The van der Waals surface area contributed by atoms with Crippen LogP contribution < -0.4 is 10.6 Å². The summed E-state index contributed by atoms with van der Waals surface area (Å²) < 4.78 is 5.09. The lowest BCUT2D eigenvalue weighted by molar-refractivity contribution is 0.205. The zero-order valence-electron chi connectivity index (χ0n) is 10.4. The number of likely N-dealkylation sites (N-methyl/N-ethyl adjacent to an activating group) is 1. The van der Waals surface area contributed by atoms with E-state index < -0.39 is 0 Å². The fourth-order valence-electron chi connectivity index (χ4n) is 1.68. The first-order valence-corrected chi connectivity index (χ1v) is 5.62. The molecule has 0 spiro atoms. The molecule has 0 aliphatic rings. The Bertz CT molecular complexity index is 328. The van der Waals surface area contributed by atoms with Crippen LogP contribution in [-0.4, -0.2) is 31.8 Å². The highest BCUT2D eigenvalue weighted by molar-refractivity contribution is 5.47. The molecular formula is C12H21N3O. The highest BCUT2D eigenvalue weighted by Gasteiger charge is 2.08. The van der Waals surface area contributed by atoms with E-state index in [9.17, 15) is 0 Å². The first-order chi connectivity index (χ1) is 7.72. The van der Waals surface area contributed by atoms with Crippen LogP contribution in [-0.2, 0) is 11.3 Å². The summed E-state index contributed by atoms with van der Waals surface area (Å²) in [6.07, 6.45) is 1.85. The molecule has 4 heteroatoms. The van der Waals surface area contributed by atoms with Crippen molar-refractivity contribution in [3.63, 3.8) is 0 Å². The van der Waals surface area contributed by atoms with E-state index in [0.29, 0.717) is 13.2 Å². The summed E-state index contributed by atoms with van der Waals surface area (Å²) in [5.41, 5.74) is 7.82. The van der Waals surface area contributed by atoms with E-state index in [0.717, 1.165) is 24.5 Å². The molecule has 1 aromatic heterocycles. The maximum atomic E-state index is 5.58. The molecule has 90 valence electrons. The summed E-state index contributed by atoms with van der Waals surface area (Å²) in [5, 5.41) is 0. The largest absolute Gasteiger partial charge is 0.383 e. The molecule has 4 nitrogen and oxygen atoms in total. The molecule has 0 aliphatic carbocycles. The predicted octanol–water partition coefficient (Wildman–Crippen LogP) is 1.32. The number of nitrogens with two attached hydrogens (primary N) is 1. The van der Waals surface area contributed by atoms with Crippen molar-refractivity contribution in [2.24, 2.45) is 5.73 Å². The van der Waals surface area contributed by atoms with Crippen LogP contribution >= 0.6 is 0 Å². The number of hydrogen-bond donors (Lipinski definition) is 1. The van der Waals surface area contributed by atoms with Crippen LogP contribution in [0.5, 0.6) is 0 Å². The van der Waals surface area contributed by atoms with Crippen molar-refractivity contribution < 1.29 is 4.74 Å². The van der Waals surface area contributed by atoms with Crippen molar-refractivity contribution in [3.8, 4) is 0 Å². The van der Waals surface area contributed by atoms with E-state index in [2.05, 4.69) is 29.8 Å². The van der Waals surface area contributed by atoms with Crippen molar-refractivity contribution in [2.45, 2.75) is 20.4 Å². The standard InChI is InChI=1S/C12H21N3O/c1-4-15(5-6-16-3)12-10(2)7-11(8-13)9-14-12/h7,9H,4-6,8,13H2,1-3H3. The Labute approximate surface area is 97.4 Å². The number of rotatable bonds is 6. The van der Waals surface area contributed by atoms with Crippen LogP contribution in [0.25, 0.3) is 0 Å². The molecule has 1 rings (SSSR count). The minimum absolute atomic E-state index is 0.540. The van der Waals surface area contributed by atoms with Crippen LogP contribution in [0.2, 0.25) is 0 Å². The molecule has 0 radical (unpaired) electrons. The lowest BCUT2D eigenvalue weighted by Crippen LogP contribution is -2.28. The SMILES string of the molecule is CCN(CCOC)c1ncc(CN)cc1C. The quantitative estimate of drug-likeness (QED) is 0.790. The Balaban J connectivity index is 2.83. The summed E-state index contributed by atoms with van der Waals surface area (Å²) in [7, 11) is 1.71. The van der Waals surface area contributed by atoms with E-state index in [1.807, 2.05) is 6.20 Å². The second-order valence-corrected chi connectivity index (χ2v) is 3.76. The fourth-order valence-corrected chi connectivity index (χ4v) is 1.68. The number of methoxy groups -OCH3 is 1. The molecule has 1 aromatic rings. The Morgan fingerprint density at radius 2 is 2.25 bits per heavy atom. The third kappa shape index (κ3) is 3.18. The van der Waals surface area contributed by atoms with Crippen LogP contribution in [0.3, 0.4) is 0 Å². The Kier molecular flexibility index (Phi) is 5.22. The summed E-state index contributed by atoms with van der Waals surface area (Å²) in [6.45, 7) is 7.23. The third-order valence-corrected chi connectivity index (χ3v) is 2.59. The first-order valence-electron chi connectivity index (χ1n) is 5.62. The van der Waals surface area contributed by atoms with Gasteiger partial charge in [0.05, 0.1) is 6.61 Å². The molecule has 0 aliphatic heterocycles. The number of anilines is 1. The van der Waals surface area contributed by atoms with Gasteiger partial charge in [-0.15, -0.1) is 0 Å². The van der Waals surface area contributed by atoms with Gasteiger partial charge in [0.15, 0.2) is 0 Å². The molecule has 0 saturated heterocycles. The van der Waals surface area contributed by atoms with Crippen LogP contribution in [0, 0.1) is 6.92 Å². The number of nitrogens with zero attached hydrogens (tertiary/aromatic N) is 2. The van der Waals surface area contributed by atoms with Crippen molar-refractivity contribution in [2.75, 3.05) is 31.7 Å². The van der Waals surface area contributed by atoms with Crippen LogP contribution in [0.4, 0.5) is 5.82 Å². The summed E-state index contributed by atoms with van der Waals surface area (Å²) in [6, 6.07) is 2.10. The molecule has 0 fully saturated rings. The van der Waals surface area contributed by atoms with Gasteiger partial charge in [-0.3, -0.25) is 0 Å². The number of pyridine rings is 1. The van der Waals surface area contributed by atoms with Crippen molar-refractivity contribution >= 4 is 5.82 Å². The van der Waals surface area contributed by atoms with Crippen LogP contribution in [0.1, 0.15) is 18.1 Å². The molecule has 0 aromatic carbocycles. The number of aryl methyl sites for hydroxylation is 1. The topological polar surface area (TPSA) is 51.4 Å². The minimum Gasteiger partial charge on any atom is -0.383 e. The normalized spacial score (nSPS) is 10.5. The molecule has 0 saturated carbocycles. The second-order valence-electron chi connectivity index (χ2n) is 3.76. The van der Waals surface area contributed by atoms with Gasteiger partial charge >= 0.3 is 0 Å². The highest BCUT2D eigenvalue weighted by atomic mass is 16.5. The Morgan fingerprint density at radius 1 is 1.50 bits per heavy atom. The van der Waals surface area contributed by atoms with Crippen molar-refractivity contribution in [1.29, 1.82) is 0 Å². The van der Waals surface area contributed by atoms with Gasteiger partial charge in [0.25, 0.3) is 0 Å². The first kappa shape index (κ1) is 12.9. The van der Waals surface area contributed by atoms with Gasteiger partial charge in [0, 0.05) is 32.9 Å². The zero-order valence-corrected chi connectivity index (χ0v) is 10.4. The molecule has 2 N–H and O–H groups in total. The Hall–Kier alpha value is -1.13. The van der Waals surface area contributed by atoms with E-state index in [1.54, 1.807) is 7.11 Å². The predicted molar refractivity (Wildman–Crippen MR) is 66.6 cm³/mol. The highest BCUT2D eigenvalue weighted by Crippen LogP contribution is 2.17. The van der Waals surface area contributed by atoms with Crippen molar-refractivity contribution in [3.05, 3.63) is 23.4 Å². The lowest BCUT2D eigenvalue weighted by atomic mass is 10.2. The van der Waals surface area contributed by atoms with E-state index in [-0.39, 0.29) is 0 Å². The molecule has 1 heterocycles. The van der Waals surface area contributed by atoms with Gasteiger partial charge in [-0.1, -0.05) is 0 Å². The molecule has 0 unspecified atom stereocenters. The summed E-state index contributed by atoms with van der Waals surface area (Å²) in [4.78, 5) is 6.67. The van der Waals surface area contributed by atoms with Gasteiger partial charge in [0.1, 0.15) is 5.82 Å². The van der Waals surface area contributed by atoms with Gasteiger partial charge in [-0.2, -0.15) is 0 Å². The van der Waals surface area contributed by atoms with E-state index >= 15 is 0 Å². The summed E-state index contributed by atoms with van der Waals surface area (Å²) in [5.74, 6) is 1.02. The average molecular weight is 223 g/mol. The number of aromatic nitrogens is 1. The number of hydrogen-bond acceptors (Lipinski definition) is 4. The van der Waals surface area contributed by atoms with Gasteiger partial charge < -0.3 is 15.4 Å². The zero-order chi connectivity index (χ0) is 12.0. The van der Waals surface area contributed by atoms with E-state index in [4.69, 9.17) is 10.5 Å². The molecule has 0 atom stereocenters. The number of ether oxygens (including phenoxy) is 1. The third-order valence-electron chi connectivity index (χ3n) is 2.59. The van der Waals surface area contributed by atoms with E-state index in [1.165, 1.54) is 5.56 Å². The molecule has 16 heavy (non-hydrogen) atoms. The smallest absolute Gasteiger partial charge is 0.131 e. The second kappa shape index (κ2) is 6.45. The van der Waals surface area contributed by atoms with Gasteiger partial charge in [-0.05, 0) is 31.0 Å². The molecular weight excluding hydrogens is 202 g/mol. The van der Waals surface area contributed by atoms with Crippen LogP contribution in [0.15, 0.2) is 12.3 Å². The maximum absolute atomic E-state index is 5.58. The maximum Gasteiger partial charge on any atom is 0.131 e. The average Bonchev–Trinajstić information content (AvgIpc) is 2.31. The van der Waals surface area contributed by atoms with Gasteiger partial charge in [-0.25, -0.2) is 4.98 Å². The van der Waals surface area contributed by atoms with Crippen molar-refractivity contribution in [1.82, 2.24) is 4.98 Å². The lowest BCUT2D eigenvalue weighted by Gasteiger charge is -2.23. The minimum atomic E-state index is 0.540. The monoisotopic (exact) mass is 223 g/mol. The molecule has 0 amide bonds.